The van der Waals surface area contributed by atoms with Crippen LogP contribution in [0.2, 0.25) is 0 Å². The fraction of sp³-hybridized carbons (Fsp3) is 0.0698. The molecule has 5 nitrogen and oxygen atoms in total. The van der Waals surface area contributed by atoms with Gasteiger partial charge in [-0.3, -0.25) is 10.3 Å². The summed E-state index contributed by atoms with van der Waals surface area (Å²) >= 11 is 0. The molecule has 7 aromatic rings. The second-order valence-electron chi connectivity index (χ2n) is 12.3. The summed E-state index contributed by atoms with van der Waals surface area (Å²) in [6.45, 7) is 0.746. The molecule has 0 amide bonds. The van der Waals surface area contributed by atoms with Crippen molar-refractivity contribution in [2.45, 2.75) is 12.3 Å². The number of benzene rings is 7. The van der Waals surface area contributed by atoms with E-state index in [1.165, 1.54) is 43.8 Å². The predicted molar refractivity (Wildman–Crippen MR) is 200 cm³/mol. The maximum Gasteiger partial charge on any atom is 0.131 e. The molecule has 2 aliphatic heterocycles. The standard InChI is InChI=1S/C43H33N5/c1-3-11-28(12-4-1)41-46-42(29-13-5-2-6-14-29)48-43(47-41)34-18-10-17-32(26-34)30-15-9-16-31(25-30)33-21-22-37-38(27-33)35-19-7-8-20-36(35)39-40(37)45-24-23-44-39/h1-22,24-27,41,43-44,47H,23H2,(H,46,48). The van der Waals surface area contributed by atoms with E-state index in [-0.39, 0.29) is 12.3 Å². The van der Waals surface area contributed by atoms with Crippen LogP contribution in [0.1, 0.15) is 29.0 Å². The third-order valence-electron chi connectivity index (χ3n) is 9.36. The molecule has 3 N–H and O–H groups in total. The Balaban J connectivity index is 1.09. The number of amidine groups is 1. The van der Waals surface area contributed by atoms with Crippen LogP contribution in [0, 0.1) is 0 Å². The first-order valence-electron chi connectivity index (χ1n) is 16.4. The molecule has 230 valence electrons. The van der Waals surface area contributed by atoms with Crippen LogP contribution in [0.4, 0.5) is 11.4 Å². The van der Waals surface area contributed by atoms with Crippen LogP contribution in [-0.2, 0) is 0 Å². The number of hydrogen-bond acceptors (Lipinski definition) is 5. The van der Waals surface area contributed by atoms with Gasteiger partial charge >= 0.3 is 0 Å². The average Bonchev–Trinajstić information content (AvgIpc) is 3.18. The van der Waals surface area contributed by atoms with Crippen LogP contribution in [0.5, 0.6) is 0 Å². The van der Waals surface area contributed by atoms with Crippen molar-refractivity contribution in [2.75, 3.05) is 11.9 Å². The Bertz CT molecular complexity index is 2360. The highest BCUT2D eigenvalue weighted by atomic mass is 15.3. The topological polar surface area (TPSA) is 60.8 Å². The van der Waals surface area contributed by atoms with Crippen molar-refractivity contribution < 1.29 is 0 Å². The first kappa shape index (κ1) is 28.2. The highest BCUT2D eigenvalue weighted by Gasteiger charge is 2.25. The molecule has 0 bridgehead atoms. The number of rotatable bonds is 5. The molecule has 0 spiro atoms. The van der Waals surface area contributed by atoms with Gasteiger partial charge in [0.1, 0.15) is 18.2 Å². The number of nitrogens with one attached hydrogen (secondary N) is 3. The van der Waals surface area contributed by atoms with Crippen LogP contribution >= 0.6 is 0 Å². The number of hydrogen-bond donors (Lipinski definition) is 3. The molecule has 9 rings (SSSR count). The first-order valence-corrected chi connectivity index (χ1v) is 16.4. The van der Waals surface area contributed by atoms with E-state index in [2.05, 4.69) is 155 Å². The van der Waals surface area contributed by atoms with Gasteiger partial charge in [-0.1, -0.05) is 133 Å². The van der Waals surface area contributed by atoms with Gasteiger partial charge in [-0.25, -0.2) is 4.99 Å². The molecule has 5 heteroatoms. The minimum Gasteiger partial charge on any atom is -0.378 e. The Kier molecular flexibility index (Phi) is 7.03. The Labute approximate surface area is 279 Å². The van der Waals surface area contributed by atoms with Gasteiger partial charge in [0.25, 0.3) is 0 Å². The summed E-state index contributed by atoms with van der Waals surface area (Å²) < 4.78 is 0. The lowest BCUT2D eigenvalue weighted by Crippen LogP contribution is -2.44. The first-order chi connectivity index (χ1) is 23.8. The molecule has 0 aliphatic carbocycles. The second kappa shape index (κ2) is 12.0. The van der Waals surface area contributed by atoms with E-state index in [9.17, 15) is 0 Å². The van der Waals surface area contributed by atoms with Gasteiger partial charge in [0, 0.05) is 22.6 Å². The Morgan fingerprint density at radius 3 is 1.96 bits per heavy atom. The molecule has 2 heterocycles. The summed E-state index contributed by atoms with van der Waals surface area (Å²) in [6.07, 6.45) is 1.66. The summed E-state index contributed by atoms with van der Waals surface area (Å²) in [5, 5.41) is 15.7. The maximum atomic E-state index is 5.16. The van der Waals surface area contributed by atoms with E-state index in [0.29, 0.717) is 0 Å². The molecule has 7 aromatic carbocycles. The zero-order chi connectivity index (χ0) is 31.9. The van der Waals surface area contributed by atoms with Gasteiger partial charge in [-0.05, 0) is 62.4 Å². The number of anilines is 1. The molecule has 0 saturated heterocycles. The molecule has 0 saturated carbocycles. The molecule has 2 atom stereocenters. The fourth-order valence-electron chi connectivity index (χ4n) is 7.01. The Morgan fingerprint density at radius 1 is 0.500 bits per heavy atom. The van der Waals surface area contributed by atoms with E-state index < -0.39 is 0 Å². The van der Waals surface area contributed by atoms with Crippen molar-refractivity contribution in [3.8, 4) is 22.3 Å². The Morgan fingerprint density at radius 2 is 1.15 bits per heavy atom. The predicted octanol–water partition coefficient (Wildman–Crippen LogP) is 9.79. The molecule has 0 aromatic heterocycles. The van der Waals surface area contributed by atoms with E-state index in [0.717, 1.165) is 40.4 Å². The quantitative estimate of drug-likeness (QED) is 0.168. The molecule has 0 fully saturated rings. The van der Waals surface area contributed by atoms with Gasteiger partial charge < -0.3 is 10.6 Å². The van der Waals surface area contributed by atoms with E-state index in [1.807, 2.05) is 18.3 Å². The smallest absolute Gasteiger partial charge is 0.131 e. The van der Waals surface area contributed by atoms with Crippen molar-refractivity contribution in [1.82, 2.24) is 10.6 Å². The van der Waals surface area contributed by atoms with Gasteiger partial charge in [-0.15, -0.1) is 0 Å². The highest BCUT2D eigenvalue weighted by molar-refractivity contribution is 6.21. The van der Waals surface area contributed by atoms with Crippen LogP contribution in [0.3, 0.4) is 0 Å². The lowest BCUT2D eigenvalue weighted by Gasteiger charge is -2.32. The summed E-state index contributed by atoms with van der Waals surface area (Å²) in [7, 11) is 0. The molecule has 48 heavy (non-hydrogen) atoms. The summed E-state index contributed by atoms with van der Waals surface area (Å²) in [5.41, 5.74) is 10.2. The average molecular weight is 620 g/mol. The number of nitrogens with zero attached hydrogens (tertiary/aromatic N) is 2. The molecule has 2 aliphatic rings. The minimum atomic E-state index is -0.216. The zero-order valence-electron chi connectivity index (χ0n) is 26.3. The lowest BCUT2D eigenvalue weighted by molar-refractivity contribution is 0.409. The second-order valence-corrected chi connectivity index (χ2v) is 12.3. The molecular formula is C43H33N5. The molecular weight excluding hydrogens is 587 g/mol. The van der Waals surface area contributed by atoms with Gasteiger partial charge in [0.05, 0.1) is 17.9 Å². The highest BCUT2D eigenvalue weighted by Crippen LogP contribution is 2.44. The largest absolute Gasteiger partial charge is 0.378 e. The molecule has 0 radical (unpaired) electrons. The lowest BCUT2D eigenvalue weighted by atomic mass is 9.93. The van der Waals surface area contributed by atoms with Crippen molar-refractivity contribution >= 4 is 45.0 Å². The van der Waals surface area contributed by atoms with Crippen molar-refractivity contribution in [2.24, 2.45) is 9.98 Å². The van der Waals surface area contributed by atoms with Crippen LogP contribution in [0.25, 0.3) is 43.8 Å². The normalized spacial score (nSPS) is 17.0. The summed E-state index contributed by atoms with van der Waals surface area (Å²) in [5.74, 6) is 0.882. The number of aliphatic imine (C=N–C) groups is 2. The van der Waals surface area contributed by atoms with E-state index in [4.69, 9.17) is 9.98 Å². The third kappa shape index (κ3) is 5.11. The zero-order valence-corrected chi connectivity index (χ0v) is 26.3. The minimum absolute atomic E-state index is 0.0769. The SMILES string of the molecule is C1=Nc2c(c3ccccc3c3cc(-c4cccc(-c5cccc(C6N=C(c7ccccc7)NC(c7ccccc7)N6)c5)c4)ccc23)NC1. The maximum absolute atomic E-state index is 5.16. The van der Waals surface area contributed by atoms with Crippen molar-refractivity contribution in [3.05, 3.63) is 168 Å². The molecule has 2 unspecified atom stereocenters. The number of fused-ring (bicyclic) bond motifs is 6. The fourth-order valence-corrected chi connectivity index (χ4v) is 7.01. The van der Waals surface area contributed by atoms with Gasteiger partial charge in [0.15, 0.2) is 0 Å². The van der Waals surface area contributed by atoms with Crippen molar-refractivity contribution in [3.63, 3.8) is 0 Å². The summed E-state index contributed by atoms with van der Waals surface area (Å²) in [4.78, 5) is 9.97. The summed E-state index contributed by atoms with van der Waals surface area (Å²) in [6, 6.07) is 53.8. The van der Waals surface area contributed by atoms with Crippen molar-refractivity contribution in [1.29, 1.82) is 0 Å². The Hall–Kier alpha value is -6.04. The van der Waals surface area contributed by atoms with E-state index in [1.54, 1.807) is 0 Å². The van der Waals surface area contributed by atoms with Gasteiger partial charge in [-0.2, -0.15) is 0 Å². The monoisotopic (exact) mass is 619 g/mol. The third-order valence-corrected chi connectivity index (χ3v) is 9.36. The van der Waals surface area contributed by atoms with Crippen LogP contribution in [-0.4, -0.2) is 18.6 Å². The van der Waals surface area contributed by atoms with Crippen LogP contribution < -0.4 is 16.0 Å². The van der Waals surface area contributed by atoms with Crippen LogP contribution in [0.15, 0.2) is 162 Å². The van der Waals surface area contributed by atoms with E-state index >= 15 is 0 Å². The van der Waals surface area contributed by atoms with Gasteiger partial charge in [0.2, 0.25) is 0 Å².